The van der Waals surface area contributed by atoms with Gasteiger partial charge >= 0.3 is 6.18 Å². The monoisotopic (exact) mass is 447 g/mol. The highest BCUT2D eigenvalue weighted by Crippen LogP contribution is 2.32. The minimum absolute atomic E-state index is 0.0245. The van der Waals surface area contributed by atoms with Gasteiger partial charge in [0.1, 0.15) is 5.82 Å². The van der Waals surface area contributed by atoms with Gasteiger partial charge in [0.2, 0.25) is 0 Å². The van der Waals surface area contributed by atoms with Crippen LogP contribution < -0.4 is 10.6 Å². The molecule has 0 saturated heterocycles. The zero-order valence-corrected chi connectivity index (χ0v) is 17.4. The summed E-state index contributed by atoms with van der Waals surface area (Å²) >= 11 is 0. The number of pyridine rings is 1. The predicted octanol–water partition coefficient (Wildman–Crippen LogP) is 6.63. The average molecular weight is 447 g/mol. The molecule has 3 aromatic carbocycles. The summed E-state index contributed by atoms with van der Waals surface area (Å²) in [5.41, 5.74) is 2.29. The topological polar surface area (TPSA) is 54.0 Å². The standard InChI is InChI=1S/C26H20F3N3O/c27-26(28,29)23-12-5-4-9-21(23)17-30-22-11-6-10-19(15-22)25(33)32-24-14-13-20(16-31-24)18-7-2-1-3-8-18/h1-16,30H,17H2,(H,31,32,33). The summed E-state index contributed by atoms with van der Waals surface area (Å²) in [6.07, 6.45) is -2.75. The summed E-state index contributed by atoms with van der Waals surface area (Å²) in [4.78, 5) is 17.0. The minimum Gasteiger partial charge on any atom is -0.381 e. The molecule has 1 amide bonds. The van der Waals surface area contributed by atoms with Gasteiger partial charge in [0, 0.05) is 29.6 Å². The second kappa shape index (κ2) is 9.56. The van der Waals surface area contributed by atoms with Crippen molar-refractivity contribution in [3.8, 4) is 11.1 Å². The molecule has 0 spiro atoms. The second-order valence-electron chi connectivity index (χ2n) is 7.34. The molecule has 0 unspecified atom stereocenters. The molecule has 4 aromatic rings. The van der Waals surface area contributed by atoms with Crippen molar-refractivity contribution in [1.29, 1.82) is 0 Å². The van der Waals surface area contributed by atoms with Gasteiger partial charge in [-0.25, -0.2) is 4.98 Å². The Balaban J connectivity index is 1.42. The fraction of sp³-hybridized carbons (Fsp3) is 0.0769. The molecule has 4 nitrogen and oxygen atoms in total. The Kier molecular flexibility index (Phi) is 6.40. The molecular formula is C26H20F3N3O. The lowest BCUT2D eigenvalue weighted by Gasteiger charge is -2.14. The predicted molar refractivity (Wildman–Crippen MR) is 123 cm³/mol. The molecule has 1 aromatic heterocycles. The van der Waals surface area contributed by atoms with Gasteiger partial charge in [0.25, 0.3) is 5.91 Å². The highest BCUT2D eigenvalue weighted by Gasteiger charge is 2.32. The van der Waals surface area contributed by atoms with Crippen molar-refractivity contribution >= 4 is 17.4 Å². The molecule has 0 atom stereocenters. The normalized spacial score (nSPS) is 11.1. The number of benzene rings is 3. The molecule has 4 rings (SSSR count). The Morgan fingerprint density at radius 3 is 2.30 bits per heavy atom. The number of alkyl halides is 3. The van der Waals surface area contributed by atoms with Gasteiger partial charge in [-0.2, -0.15) is 13.2 Å². The molecule has 0 saturated carbocycles. The zero-order chi connectivity index (χ0) is 23.3. The zero-order valence-electron chi connectivity index (χ0n) is 17.4. The fourth-order valence-corrected chi connectivity index (χ4v) is 3.38. The number of carbonyl (C=O) groups is 1. The lowest BCUT2D eigenvalue weighted by Crippen LogP contribution is -2.14. The van der Waals surface area contributed by atoms with Crippen molar-refractivity contribution < 1.29 is 18.0 Å². The van der Waals surface area contributed by atoms with Gasteiger partial charge in [0.15, 0.2) is 0 Å². The van der Waals surface area contributed by atoms with Gasteiger partial charge in [-0.15, -0.1) is 0 Å². The summed E-state index contributed by atoms with van der Waals surface area (Å²) in [7, 11) is 0. The van der Waals surface area contributed by atoms with E-state index in [1.165, 1.54) is 12.1 Å². The first-order valence-corrected chi connectivity index (χ1v) is 10.2. The van der Waals surface area contributed by atoms with Crippen LogP contribution >= 0.6 is 0 Å². The first kappa shape index (κ1) is 22.1. The van der Waals surface area contributed by atoms with E-state index in [-0.39, 0.29) is 18.0 Å². The van der Waals surface area contributed by atoms with E-state index in [0.29, 0.717) is 17.1 Å². The number of rotatable bonds is 6. The van der Waals surface area contributed by atoms with Crippen molar-refractivity contribution in [3.63, 3.8) is 0 Å². The molecule has 0 aliphatic rings. The Labute approximate surface area is 189 Å². The maximum Gasteiger partial charge on any atom is 0.416 e. The highest BCUT2D eigenvalue weighted by atomic mass is 19.4. The molecule has 1 heterocycles. The maximum atomic E-state index is 13.2. The Bertz CT molecular complexity index is 1240. The van der Waals surface area contributed by atoms with E-state index >= 15 is 0 Å². The van der Waals surface area contributed by atoms with Crippen LogP contribution in [0.2, 0.25) is 0 Å². The van der Waals surface area contributed by atoms with Crippen LogP contribution in [0.3, 0.4) is 0 Å². The van der Waals surface area contributed by atoms with Crippen LogP contribution in [0.1, 0.15) is 21.5 Å². The number of aromatic nitrogens is 1. The van der Waals surface area contributed by atoms with Crippen molar-refractivity contribution in [2.75, 3.05) is 10.6 Å². The van der Waals surface area contributed by atoms with Crippen molar-refractivity contribution in [3.05, 3.63) is 114 Å². The van der Waals surface area contributed by atoms with Crippen molar-refractivity contribution in [1.82, 2.24) is 4.98 Å². The molecule has 0 bridgehead atoms. The van der Waals surface area contributed by atoms with Crippen LogP contribution in [0.5, 0.6) is 0 Å². The van der Waals surface area contributed by atoms with Crippen LogP contribution in [-0.2, 0) is 12.7 Å². The molecule has 2 N–H and O–H groups in total. The van der Waals surface area contributed by atoms with E-state index in [1.807, 2.05) is 36.4 Å². The number of nitrogens with one attached hydrogen (secondary N) is 2. The van der Waals surface area contributed by atoms with E-state index in [4.69, 9.17) is 0 Å². The third kappa shape index (κ3) is 5.57. The molecule has 0 fully saturated rings. The van der Waals surface area contributed by atoms with Crippen LogP contribution in [-0.4, -0.2) is 10.9 Å². The summed E-state index contributed by atoms with van der Waals surface area (Å²) in [5.74, 6) is 0.0338. The Morgan fingerprint density at radius 1 is 0.818 bits per heavy atom. The molecule has 0 aliphatic heterocycles. The van der Waals surface area contributed by atoms with E-state index in [1.54, 1.807) is 42.6 Å². The fourth-order valence-electron chi connectivity index (χ4n) is 3.38. The Morgan fingerprint density at radius 2 is 1.58 bits per heavy atom. The van der Waals surface area contributed by atoms with Crippen LogP contribution in [0, 0.1) is 0 Å². The van der Waals surface area contributed by atoms with E-state index in [0.717, 1.165) is 17.2 Å². The van der Waals surface area contributed by atoms with Gasteiger partial charge < -0.3 is 10.6 Å². The molecule has 33 heavy (non-hydrogen) atoms. The van der Waals surface area contributed by atoms with Crippen LogP contribution in [0.25, 0.3) is 11.1 Å². The van der Waals surface area contributed by atoms with Gasteiger partial charge in [-0.05, 0) is 47.5 Å². The number of nitrogens with zero attached hydrogens (tertiary/aromatic N) is 1. The minimum atomic E-state index is -4.43. The van der Waals surface area contributed by atoms with Crippen molar-refractivity contribution in [2.45, 2.75) is 12.7 Å². The third-order valence-electron chi connectivity index (χ3n) is 5.04. The van der Waals surface area contributed by atoms with Gasteiger partial charge in [-0.1, -0.05) is 54.6 Å². The molecule has 7 heteroatoms. The van der Waals surface area contributed by atoms with E-state index < -0.39 is 11.7 Å². The number of hydrogen-bond donors (Lipinski definition) is 2. The SMILES string of the molecule is O=C(Nc1ccc(-c2ccccc2)cn1)c1cccc(NCc2ccccc2C(F)(F)F)c1. The molecule has 166 valence electrons. The van der Waals surface area contributed by atoms with E-state index in [2.05, 4.69) is 15.6 Å². The largest absolute Gasteiger partial charge is 0.416 e. The number of amides is 1. The third-order valence-corrected chi connectivity index (χ3v) is 5.04. The maximum absolute atomic E-state index is 13.2. The summed E-state index contributed by atoms with van der Waals surface area (Å²) in [6.45, 7) is -0.0245. The lowest BCUT2D eigenvalue weighted by atomic mass is 10.1. The average Bonchev–Trinajstić information content (AvgIpc) is 2.83. The second-order valence-corrected chi connectivity index (χ2v) is 7.34. The molecule has 0 radical (unpaired) electrons. The van der Waals surface area contributed by atoms with Crippen LogP contribution in [0.15, 0.2) is 97.2 Å². The smallest absolute Gasteiger partial charge is 0.381 e. The molecular weight excluding hydrogens is 427 g/mol. The first-order chi connectivity index (χ1) is 15.9. The summed E-state index contributed by atoms with van der Waals surface area (Å²) in [5, 5.41) is 5.70. The first-order valence-electron chi connectivity index (χ1n) is 10.2. The number of hydrogen-bond acceptors (Lipinski definition) is 3. The summed E-state index contributed by atoms with van der Waals surface area (Å²) < 4.78 is 39.6. The lowest BCUT2D eigenvalue weighted by molar-refractivity contribution is -0.138. The van der Waals surface area contributed by atoms with Crippen molar-refractivity contribution in [2.24, 2.45) is 0 Å². The Hall–Kier alpha value is -4.13. The number of anilines is 2. The molecule has 0 aliphatic carbocycles. The van der Waals surface area contributed by atoms with E-state index in [9.17, 15) is 18.0 Å². The highest BCUT2D eigenvalue weighted by molar-refractivity contribution is 6.04. The number of carbonyl (C=O) groups excluding carboxylic acids is 1. The number of halogens is 3. The van der Waals surface area contributed by atoms with Gasteiger partial charge in [0.05, 0.1) is 5.56 Å². The summed E-state index contributed by atoms with van der Waals surface area (Å²) in [6, 6.07) is 25.3. The quantitative estimate of drug-likeness (QED) is 0.349. The van der Waals surface area contributed by atoms with Gasteiger partial charge in [-0.3, -0.25) is 4.79 Å². The van der Waals surface area contributed by atoms with Crippen LogP contribution in [0.4, 0.5) is 24.7 Å².